The molecule has 5 atom stereocenters. The van der Waals surface area contributed by atoms with E-state index >= 15 is 0 Å². The second-order valence-electron chi connectivity index (χ2n) is 13.6. The average Bonchev–Trinajstić information content (AvgIpc) is 2.93. The molecule has 0 aliphatic carbocycles. The smallest absolute Gasteiger partial charge is 0.407 e. The molecule has 2 saturated heterocycles. The number of amides is 4. The summed E-state index contributed by atoms with van der Waals surface area (Å²) < 4.78 is 36.6. The number of carbonyl (C=O) groups excluding carboxylic acids is 3. The Morgan fingerprint density at radius 3 is 2.58 bits per heavy atom. The number of carbonyl (C=O) groups is 3. The molecule has 11 nitrogen and oxygen atoms in total. The van der Waals surface area contributed by atoms with Crippen LogP contribution in [0.25, 0.3) is 0 Å². The highest BCUT2D eigenvalue weighted by atomic mass is 35.5. The van der Waals surface area contributed by atoms with Crippen LogP contribution in [0.4, 0.5) is 18.8 Å². The molecule has 4 N–H and O–H groups in total. The van der Waals surface area contributed by atoms with Crippen molar-refractivity contribution in [2.45, 2.75) is 89.6 Å². The molecule has 1 aromatic carbocycles. The van der Waals surface area contributed by atoms with Gasteiger partial charge in [-0.15, -0.1) is 0 Å². The predicted molar refractivity (Wildman–Crippen MR) is 172 cm³/mol. The lowest BCUT2D eigenvalue weighted by Gasteiger charge is -2.36. The number of rotatable bonds is 13. The normalized spacial score (nSPS) is 21.6. The number of benzene rings is 1. The first kappa shape index (κ1) is 36.9. The molecule has 2 aliphatic rings. The molecule has 45 heavy (non-hydrogen) atoms. The summed E-state index contributed by atoms with van der Waals surface area (Å²) in [4.78, 5) is 39.5. The van der Waals surface area contributed by atoms with E-state index in [1.807, 2.05) is 6.92 Å². The lowest BCUT2D eigenvalue weighted by atomic mass is 9.94. The van der Waals surface area contributed by atoms with Crippen LogP contribution in [0.5, 0.6) is 0 Å². The number of likely N-dealkylation sites (tertiary alicyclic amines) is 1. The van der Waals surface area contributed by atoms with Crippen LogP contribution in [-0.2, 0) is 24.7 Å². The Labute approximate surface area is 272 Å². The highest BCUT2D eigenvalue weighted by Crippen LogP contribution is 2.32. The van der Waals surface area contributed by atoms with Crippen molar-refractivity contribution < 1.29 is 37.7 Å². The minimum Gasteiger partial charge on any atom is -0.447 e. The van der Waals surface area contributed by atoms with Crippen molar-refractivity contribution in [3.05, 3.63) is 34.6 Å². The molecule has 0 bridgehead atoms. The fraction of sp³-hybridized carbons (Fsp3) is 0.710. The number of ether oxygens (including phenoxy) is 4. The third-order valence-electron chi connectivity index (χ3n) is 7.98. The summed E-state index contributed by atoms with van der Waals surface area (Å²) in [5, 5.41) is 6.09. The summed E-state index contributed by atoms with van der Waals surface area (Å²) in [5.41, 5.74) is 5.50. The lowest BCUT2D eigenvalue weighted by molar-refractivity contribution is -0.205. The van der Waals surface area contributed by atoms with E-state index in [1.54, 1.807) is 4.90 Å². The van der Waals surface area contributed by atoms with Gasteiger partial charge in [0.25, 0.3) is 0 Å². The highest BCUT2D eigenvalue weighted by molar-refractivity contribution is 6.76. The van der Waals surface area contributed by atoms with Gasteiger partial charge in [-0.2, -0.15) is 0 Å². The first-order chi connectivity index (χ1) is 21.1. The summed E-state index contributed by atoms with van der Waals surface area (Å²) in [5.74, 6) is -2.11. The van der Waals surface area contributed by atoms with E-state index in [9.17, 15) is 18.8 Å². The van der Waals surface area contributed by atoms with Gasteiger partial charge in [0.1, 0.15) is 5.82 Å². The molecule has 0 aromatic heterocycles. The number of nitrogens with zero attached hydrogens (tertiary/aromatic N) is 1. The van der Waals surface area contributed by atoms with Crippen molar-refractivity contribution in [1.29, 1.82) is 0 Å². The van der Waals surface area contributed by atoms with Crippen LogP contribution in [0.15, 0.2) is 18.2 Å². The first-order valence-corrected chi connectivity index (χ1v) is 19.9. The van der Waals surface area contributed by atoms with E-state index < -0.39 is 31.9 Å². The highest BCUT2D eigenvalue weighted by Gasteiger charge is 2.35. The molecule has 3 rings (SSSR count). The van der Waals surface area contributed by atoms with Crippen LogP contribution in [0.1, 0.15) is 51.5 Å². The van der Waals surface area contributed by atoms with Crippen molar-refractivity contribution in [3.8, 4) is 0 Å². The van der Waals surface area contributed by atoms with Gasteiger partial charge in [0, 0.05) is 70.4 Å². The maximum Gasteiger partial charge on any atom is 0.407 e. The van der Waals surface area contributed by atoms with Gasteiger partial charge in [-0.25, -0.2) is 18.8 Å². The van der Waals surface area contributed by atoms with Gasteiger partial charge in [-0.1, -0.05) is 31.2 Å². The zero-order valence-electron chi connectivity index (χ0n) is 27.2. The predicted octanol–water partition coefficient (Wildman–Crippen LogP) is 5.82. The summed E-state index contributed by atoms with van der Waals surface area (Å²) in [6, 6.07) is 4.06. The molecule has 0 saturated carbocycles. The van der Waals surface area contributed by atoms with E-state index in [0.717, 1.165) is 44.4 Å². The van der Waals surface area contributed by atoms with Crippen molar-refractivity contribution in [2.75, 3.05) is 39.5 Å². The van der Waals surface area contributed by atoms with Crippen molar-refractivity contribution in [1.82, 2.24) is 15.5 Å². The largest absolute Gasteiger partial charge is 0.447 e. The maximum absolute atomic E-state index is 14.1. The molecule has 2 fully saturated rings. The maximum atomic E-state index is 14.1. The molecule has 2 aliphatic heterocycles. The van der Waals surface area contributed by atoms with Crippen molar-refractivity contribution in [2.24, 2.45) is 17.6 Å². The standard InChI is InChI=1S/C31H50ClFN4O7Si/c1-21(20-45(3,4)5)43-30(40)35-16-27(12-22-9-7-11-41-18-22)36-29(39)37-10-6-8-23(17-37)19-42-31(2,44-28(34)38)24-13-25(32)15-26(33)14-24/h13-15,21-23,27H,6-12,16-20H2,1-5H3,(H2,34,38)(H,35,40)(H,36,39)/t21-,22-,23+,27-,31+/m0/s1. The minimum atomic E-state index is -1.68. The van der Waals surface area contributed by atoms with Crippen LogP contribution in [0.3, 0.4) is 0 Å². The van der Waals surface area contributed by atoms with Gasteiger partial charge in [0.15, 0.2) is 0 Å². The van der Waals surface area contributed by atoms with E-state index in [1.165, 1.54) is 19.1 Å². The second kappa shape index (κ2) is 16.8. The van der Waals surface area contributed by atoms with Crippen molar-refractivity contribution in [3.63, 3.8) is 0 Å². The molecule has 0 radical (unpaired) electrons. The van der Waals surface area contributed by atoms with Gasteiger partial charge in [0.05, 0.1) is 12.7 Å². The quantitative estimate of drug-likeness (QED) is 0.177. The molecule has 254 valence electrons. The van der Waals surface area contributed by atoms with Gasteiger partial charge >= 0.3 is 18.2 Å². The second-order valence-corrected chi connectivity index (χ2v) is 19.6. The number of nitrogens with one attached hydrogen (secondary N) is 2. The Kier molecular flexibility index (Phi) is 13.8. The molecule has 2 heterocycles. The minimum absolute atomic E-state index is 0.0875. The number of piperidine rings is 1. The van der Waals surface area contributed by atoms with Gasteiger partial charge < -0.3 is 40.2 Å². The van der Waals surface area contributed by atoms with Crippen LogP contribution in [-0.4, -0.2) is 82.8 Å². The van der Waals surface area contributed by atoms with Crippen LogP contribution in [0.2, 0.25) is 30.7 Å². The Balaban J connectivity index is 1.60. The first-order valence-electron chi connectivity index (χ1n) is 15.8. The van der Waals surface area contributed by atoms with Gasteiger partial charge in [0.2, 0.25) is 5.79 Å². The monoisotopic (exact) mass is 672 g/mol. The molecule has 0 spiro atoms. The zero-order chi connectivity index (χ0) is 33.2. The number of hydrogen-bond acceptors (Lipinski definition) is 7. The fourth-order valence-corrected chi connectivity index (χ4v) is 8.06. The van der Waals surface area contributed by atoms with Gasteiger partial charge in [-0.3, -0.25) is 0 Å². The molecule has 0 unspecified atom stereocenters. The van der Waals surface area contributed by atoms with Crippen LogP contribution >= 0.6 is 11.6 Å². The van der Waals surface area contributed by atoms with Gasteiger partial charge in [-0.05, 0) is 69.2 Å². The van der Waals surface area contributed by atoms with E-state index in [2.05, 4.69) is 30.3 Å². The lowest BCUT2D eigenvalue weighted by Crippen LogP contribution is -2.53. The number of primary amides is 1. The Bertz CT molecular complexity index is 1130. The Morgan fingerprint density at radius 1 is 1.20 bits per heavy atom. The fourth-order valence-electron chi connectivity index (χ4n) is 6.03. The van der Waals surface area contributed by atoms with E-state index in [0.29, 0.717) is 26.1 Å². The molecule has 14 heteroatoms. The summed E-state index contributed by atoms with van der Waals surface area (Å²) in [6.07, 6.45) is 2.37. The van der Waals surface area contributed by atoms with E-state index in [4.69, 9.17) is 36.3 Å². The SMILES string of the molecule is C[C@@H](C[Si](C)(C)C)OC(=O)NC[C@H](C[C@@H]1CCCOC1)NC(=O)N1CCC[C@@H](CO[C@](C)(OC(N)=O)c2cc(F)cc(Cl)c2)C1. The summed E-state index contributed by atoms with van der Waals surface area (Å²) >= 11 is 6.03. The molecule has 4 amide bonds. The zero-order valence-corrected chi connectivity index (χ0v) is 28.9. The van der Waals surface area contributed by atoms with Crippen molar-refractivity contribution >= 4 is 37.9 Å². The number of urea groups is 1. The van der Waals surface area contributed by atoms with Crippen LogP contribution in [0, 0.1) is 17.7 Å². The van der Waals surface area contributed by atoms with E-state index in [-0.39, 0.29) is 53.8 Å². The number of nitrogens with two attached hydrogens (primary N) is 1. The number of halogens is 2. The molecular weight excluding hydrogens is 623 g/mol. The Hall–Kier alpha value is -2.61. The summed E-state index contributed by atoms with van der Waals surface area (Å²) in [6.45, 7) is 12.7. The molecule has 1 aromatic rings. The Morgan fingerprint density at radius 2 is 1.93 bits per heavy atom. The van der Waals surface area contributed by atoms with Crippen LogP contribution < -0.4 is 16.4 Å². The number of alkyl carbamates (subject to hydrolysis) is 1. The summed E-state index contributed by atoms with van der Waals surface area (Å²) in [7, 11) is -1.39. The third kappa shape index (κ3) is 13.0. The average molecular weight is 673 g/mol. The number of hydrogen-bond donors (Lipinski definition) is 3. The molecular formula is C31H50ClFN4O7Si. The topological polar surface area (TPSA) is 141 Å². The third-order valence-corrected chi connectivity index (χ3v) is 10.0.